The molecular formula is C16H26ClN3O. The molecule has 0 aromatic carbocycles. The van der Waals surface area contributed by atoms with E-state index in [1.807, 2.05) is 6.07 Å². The zero-order valence-electron chi connectivity index (χ0n) is 13.5. The number of piperidine rings is 1. The minimum Gasteiger partial charge on any atom is -0.376 e. The van der Waals surface area contributed by atoms with Crippen LogP contribution >= 0.6 is 11.6 Å². The van der Waals surface area contributed by atoms with Crippen LogP contribution in [-0.4, -0.2) is 35.8 Å². The van der Waals surface area contributed by atoms with Gasteiger partial charge in [0.2, 0.25) is 0 Å². The number of rotatable bonds is 4. The summed E-state index contributed by atoms with van der Waals surface area (Å²) >= 11 is 6.19. The number of hydrogen-bond donors (Lipinski definition) is 0. The van der Waals surface area contributed by atoms with Gasteiger partial charge in [0, 0.05) is 31.2 Å². The molecule has 1 aromatic heterocycles. The minimum atomic E-state index is -0.104. The highest BCUT2D eigenvalue weighted by molar-refractivity contribution is 6.29. The lowest BCUT2D eigenvalue weighted by Crippen LogP contribution is -2.40. The van der Waals surface area contributed by atoms with Crippen molar-refractivity contribution in [3.05, 3.63) is 17.0 Å². The maximum absolute atomic E-state index is 6.19. The lowest BCUT2D eigenvalue weighted by molar-refractivity contribution is 0.0439. The van der Waals surface area contributed by atoms with E-state index in [0.717, 1.165) is 50.6 Å². The Morgan fingerprint density at radius 2 is 2.14 bits per heavy atom. The summed E-state index contributed by atoms with van der Waals surface area (Å²) in [4.78, 5) is 11.4. The standard InChI is InChI=1S/C16H26ClN3O/c1-5-9-21-12-7-6-8-20(11-12)14-10-13(17)18-15(19-14)16(2,3)4/h10,12H,5-9,11H2,1-4H3. The van der Waals surface area contributed by atoms with Crippen LogP contribution in [-0.2, 0) is 10.2 Å². The van der Waals surface area contributed by atoms with Crippen molar-refractivity contribution in [1.29, 1.82) is 0 Å². The third-order valence-electron chi connectivity index (χ3n) is 3.61. The average Bonchev–Trinajstić information content (AvgIpc) is 2.44. The fraction of sp³-hybridized carbons (Fsp3) is 0.750. The first kappa shape index (κ1) is 16.5. The molecule has 0 N–H and O–H groups in total. The Balaban J connectivity index is 2.15. The minimum absolute atomic E-state index is 0.104. The predicted molar refractivity (Wildman–Crippen MR) is 87.2 cm³/mol. The molecular weight excluding hydrogens is 286 g/mol. The highest BCUT2D eigenvalue weighted by Crippen LogP contribution is 2.26. The van der Waals surface area contributed by atoms with Crippen molar-refractivity contribution in [3.8, 4) is 0 Å². The van der Waals surface area contributed by atoms with E-state index in [0.29, 0.717) is 11.3 Å². The molecule has 1 aromatic rings. The molecule has 1 atom stereocenters. The molecule has 21 heavy (non-hydrogen) atoms. The molecule has 0 saturated carbocycles. The van der Waals surface area contributed by atoms with Crippen molar-refractivity contribution in [2.75, 3.05) is 24.6 Å². The van der Waals surface area contributed by atoms with Gasteiger partial charge in [-0.05, 0) is 19.3 Å². The third-order valence-corrected chi connectivity index (χ3v) is 3.81. The Morgan fingerprint density at radius 3 is 2.81 bits per heavy atom. The van der Waals surface area contributed by atoms with Crippen LogP contribution in [0.4, 0.5) is 5.82 Å². The van der Waals surface area contributed by atoms with Gasteiger partial charge in [-0.25, -0.2) is 9.97 Å². The van der Waals surface area contributed by atoms with E-state index < -0.39 is 0 Å². The van der Waals surface area contributed by atoms with Crippen LogP contribution in [0.2, 0.25) is 5.15 Å². The van der Waals surface area contributed by atoms with E-state index in [1.54, 1.807) is 0 Å². The molecule has 0 amide bonds. The summed E-state index contributed by atoms with van der Waals surface area (Å²) in [6.45, 7) is 11.2. The monoisotopic (exact) mass is 311 g/mol. The Morgan fingerprint density at radius 1 is 1.38 bits per heavy atom. The predicted octanol–water partition coefficient (Wildman–Crippen LogP) is 3.82. The van der Waals surface area contributed by atoms with Crippen LogP contribution in [0.1, 0.15) is 52.8 Å². The van der Waals surface area contributed by atoms with Crippen molar-refractivity contribution in [2.24, 2.45) is 0 Å². The van der Waals surface area contributed by atoms with E-state index in [9.17, 15) is 0 Å². The molecule has 1 aliphatic rings. The number of aromatic nitrogens is 2. The van der Waals surface area contributed by atoms with Crippen molar-refractivity contribution in [3.63, 3.8) is 0 Å². The van der Waals surface area contributed by atoms with Gasteiger partial charge in [-0.15, -0.1) is 0 Å². The van der Waals surface area contributed by atoms with Crippen LogP contribution < -0.4 is 4.90 Å². The first-order valence-electron chi connectivity index (χ1n) is 7.81. The van der Waals surface area contributed by atoms with E-state index >= 15 is 0 Å². The zero-order valence-corrected chi connectivity index (χ0v) is 14.3. The van der Waals surface area contributed by atoms with E-state index in [4.69, 9.17) is 21.3 Å². The first-order chi connectivity index (χ1) is 9.90. The molecule has 5 heteroatoms. The Kier molecular flexibility index (Phi) is 5.44. The smallest absolute Gasteiger partial charge is 0.137 e. The SMILES string of the molecule is CCCOC1CCCN(c2cc(Cl)nc(C(C)(C)C)n2)C1. The van der Waals surface area contributed by atoms with Crippen LogP contribution in [0.3, 0.4) is 0 Å². The average molecular weight is 312 g/mol. The van der Waals surface area contributed by atoms with E-state index in [2.05, 4.69) is 37.6 Å². The van der Waals surface area contributed by atoms with Gasteiger partial charge >= 0.3 is 0 Å². The summed E-state index contributed by atoms with van der Waals surface area (Å²) in [7, 11) is 0. The van der Waals surface area contributed by atoms with Crippen molar-refractivity contribution in [2.45, 2.75) is 58.5 Å². The van der Waals surface area contributed by atoms with Crippen LogP contribution in [0.25, 0.3) is 0 Å². The molecule has 2 rings (SSSR count). The third kappa shape index (κ3) is 4.55. The summed E-state index contributed by atoms with van der Waals surface area (Å²) < 4.78 is 5.89. The van der Waals surface area contributed by atoms with Gasteiger partial charge < -0.3 is 9.64 Å². The maximum atomic E-state index is 6.19. The molecule has 4 nitrogen and oxygen atoms in total. The molecule has 1 saturated heterocycles. The molecule has 1 fully saturated rings. The topological polar surface area (TPSA) is 38.2 Å². The second-order valence-electron chi connectivity index (χ2n) is 6.70. The fourth-order valence-corrected chi connectivity index (χ4v) is 2.65. The van der Waals surface area contributed by atoms with Gasteiger partial charge in [0.25, 0.3) is 0 Å². The Labute approximate surface area is 132 Å². The molecule has 0 radical (unpaired) electrons. The molecule has 1 unspecified atom stereocenters. The lowest BCUT2D eigenvalue weighted by atomic mass is 9.96. The van der Waals surface area contributed by atoms with Gasteiger partial charge in [-0.3, -0.25) is 0 Å². The number of nitrogens with zero attached hydrogens (tertiary/aromatic N) is 3. The van der Waals surface area contributed by atoms with Crippen LogP contribution in [0.15, 0.2) is 6.07 Å². The largest absolute Gasteiger partial charge is 0.376 e. The summed E-state index contributed by atoms with van der Waals surface area (Å²) in [5, 5.41) is 0.515. The van der Waals surface area contributed by atoms with Gasteiger partial charge in [-0.1, -0.05) is 39.3 Å². The molecule has 0 bridgehead atoms. The summed E-state index contributed by atoms with van der Waals surface area (Å²) in [5.74, 6) is 1.71. The van der Waals surface area contributed by atoms with Gasteiger partial charge in [-0.2, -0.15) is 0 Å². The number of anilines is 1. The highest BCUT2D eigenvalue weighted by Gasteiger charge is 2.24. The second kappa shape index (κ2) is 6.93. The fourth-order valence-electron chi connectivity index (χ4n) is 2.47. The van der Waals surface area contributed by atoms with Crippen LogP contribution in [0, 0.1) is 0 Å². The maximum Gasteiger partial charge on any atom is 0.137 e. The lowest BCUT2D eigenvalue weighted by Gasteiger charge is -2.34. The number of hydrogen-bond acceptors (Lipinski definition) is 4. The molecule has 2 heterocycles. The van der Waals surface area contributed by atoms with Gasteiger partial charge in [0.1, 0.15) is 16.8 Å². The molecule has 0 aliphatic carbocycles. The Bertz CT molecular complexity index is 473. The van der Waals surface area contributed by atoms with Crippen LogP contribution in [0.5, 0.6) is 0 Å². The van der Waals surface area contributed by atoms with Crippen molar-refractivity contribution < 1.29 is 4.74 Å². The van der Waals surface area contributed by atoms with Crippen molar-refractivity contribution in [1.82, 2.24) is 9.97 Å². The first-order valence-corrected chi connectivity index (χ1v) is 8.19. The molecule has 0 spiro atoms. The summed E-state index contributed by atoms with van der Waals surface area (Å²) in [5.41, 5.74) is -0.104. The highest BCUT2D eigenvalue weighted by atomic mass is 35.5. The summed E-state index contributed by atoms with van der Waals surface area (Å²) in [6.07, 6.45) is 3.61. The molecule has 118 valence electrons. The van der Waals surface area contributed by atoms with E-state index in [1.165, 1.54) is 0 Å². The normalized spacial score (nSPS) is 19.9. The zero-order chi connectivity index (χ0) is 15.5. The number of ether oxygens (including phenoxy) is 1. The van der Waals surface area contributed by atoms with E-state index in [-0.39, 0.29) is 5.41 Å². The second-order valence-corrected chi connectivity index (χ2v) is 7.09. The van der Waals surface area contributed by atoms with Crippen molar-refractivity contribution >= 4 is 17.4 Å². The number of halogens is 1. The van der Waals surface area contributed by atoms with Gasteiger partial charge in [0.15, 0.2) is 0 Å². The summed E-state index contributed by atoms with van der Waals surface area (Å²) in [6, 6.07) is 1.86. The molecule has 1 aliphatic heterocycles. The quantitative estimate of drug-likeness (QED) is 0.792. The Hall–Kier alpha value is -0.870. The van der Waals surface area contributed by atoms with Gasteiger partial charge in [0.05, 0.1) is 6.10 Å².